The van der Waals surface area contributed by atoms with Crippen molar-refractivity contribution >= 4 is 5.97 Å². The van der Waals surface area contributed by atoms with E-state index in [1.165, 1.54) is 12.8 Å². The van der Waals surface area contributed by atoms with E-state index >= 15 is 0 Å². The summed E-state index contributed by atoms with van der Waals surface area (Å²) in [5.41, 5.74) is 0. The molecule has 0 spiro atoms. The van der Waals surface area contributed by atoms with Crippen molar-refractivity contribution in [3.63, 3.8) is 0 Å². The highest BCUT2D eigenvalue weighted by Gasteiger charge is 2.11. The summed E-state index contributed by atoms with van der Waals surface area (Å²) in [7, 11) is 4.14. The van der Waals surface area contributed by atoms with Gasteiger partial charge in [-0.2, -0.15) is 0 Å². The quantitative estimate of drug-likeness (QED) is 0.417. The van der Waals surface area contributed by atoms with E-state index in [0.717, 1.165) is 45.3 Å². The van der Waals surface area contributed by atoms with Crippen LogP contribution >= 0.6 is 0 Å². The van der Waals surface area contributed by atoms with Gasteiger partial charge in [0, 0.05) is 6.54 Å². The normalized spacial score (nSPS) is 12.7. The third kappa shape index (κ3) is 12.4. The van der Waals surface area contributed by atoms with Crippen molar-refractivity contribution in [2.45, 2.75) is 64.9 Å². The predicted octanol–water partition coefficient (Wildman–Crippen LogP) is 2.82. The zero-order chi connectivity index (χ0) is 15.2. The van der Waals surface area contributed by atoms with E-state index in [9.17, 15) is 4.79 Å². The maximum absolute atomic E-state index is 11.7. The zero-order valence-electron chi connectivity index (χ0n) is 13.9. The average molecular weight is 286 g/mol. The van der Waals surface area contributed by atoms with Crippen molar-refractivity contribution < 1.29 is 9.53 Å². The van der Waals surface area contributed by atoms with Crippen LogP contribution in [-0.4, -0.2) is 50.7 Å². The Morgan fingerprint density at radius 2 is 1.90 bits per heavy atom. The van der Waals surface area contributed by atoms with E-state index in [-0.39, 0.29) is 12.1 Å². The minimum absolute atomic E-state index is 0.0616. The van der Waals surface area contributed by atoms with Gasteiger partial charge in [-0.15, -0.1) is 0 Å². The Kier molecular flexibility index (Phi) is 13.0. The van der Waals surface area contributed by atoms with Crippen molar-refractivity contribution in [3.8, 4) is 0 Å². The molecule has 0 saturated heterocycles. The van der Waals surface area contributed by atoms with Crippen molar-refractivity contribution in [3.05, 3.63) is 0 Å². The smallest absolute Gasteiger partial charge is 0.307 e. The first-order valence-electron chi connectivity index (χ1n) is 8.15. The standard InChI is InChI=1S/C16H34N2O2/c1-5-7-8-10-15(6-2)20-16(19)11-13-17-12-9-14-18(3)4/h15,17H,5-14H2,1-4H3. The van der Waals surface area contributed by atoms with Gasteiger partial charge in [0.05, 0.1) is 6.42 Å². The molecule has 0 saturated carbocycles. The van der Waals surface area contributed by atoms with Crippen LogP contribution in [0.3, 0.4) is 0 Å². The molecule has 0 amide bonds. The average Bonchev–Trinajstić information content (AvgIpc) is 2.41. The lowest BCUT2D eigenvalue weighted by Gasteiger charge is -2.16. The van der Waals surface area contributed by atoms with Crippen LogP contribution in [0.25, 0.3) is 0 Å². The lowest BCUT2D eigenvalue weighted by atomic mass is 10.1. The Labute approximate surface area is 125 Å². The van der Waals surface area contributed by atoms with Gasteiger partial charge in [-0.1, -0.05) is 26.7 Å². The summed E-state index contributed by atoms with van der Waals surface area (Å²) >= 11 is 0. The summed E-state index contributed by atoms with van der Waals surface area (Å²) in [4.78, 5) is 13.9. The minimum Gasteiger partial charge on any atom is -0.462 e. The number of nitrogens with zero attached hydrogens (tertiary/aromatic N) is 1. The van der Waals surface area contributed by atoms with Crippen molar-refractivity contribution in [1.29, 1.82) is 0 Å². The first kappa shape index (κ1) is 19.4. The molecule has 120 valence electrons. The van der Waals surface area contributed by atoms with Crippen molar-refractivity contribution in [2.75, 3.05) is 33.7 Å². The van der Waals surface area contributed by atoms with Crippen molar-refractivity contribution in [1.82, 2.24) is 10.2 Å². The largest absolute Gasteiger partial charge is 0.462 e. The van der Waals surface area contributed by atoms with Gasteiger partial charge in [-0.05, 0) is 52.9 Å². The van der Waals surface area contributed by atoms with E-state index in [1.807, 2.05) is 0 Å². The van der Waals surface area contributed by atoms with Gasteiger partial charge in [-0.3, -0.25) is 4.79 Å². The molecule has 20 heavy (non-hydrogen) atoms. The number of ether oxygens (including phenoxy) is 1. The van der Waals surface area contributed by atoms with Crippen molar-refractivity contribution in [2.24, 2.45) is 0 Å². The van der Waals surface area contributed by atoms with Crippen LogP contribution in [-0.2, 0) is 9.53 Å². The number of hydrogen-bond donors (Lipinski definition) is 1. The van der Waals surface area contributed by atoms with Gasteiger partial charge < -0.3 is 15.0 Å². The Hall–Kier alpha value is -0.610. The first-order chi connectivity index (χ1) is 9.60. The third-order valence-corrected chi connectivity index (χ3v) is 3.35. The highest BCUT2D eigenvalue weighted by molar-refractivity contribution is 5.69. The van der Waals surface area contributed by atoms with Crippen LogP contribution in [0.4, 0.5) is 0 Å². The van der Waals surface area contributed by atoms with E-state index in [0.29, 0.717) is 6.42 Å². The maximum atomic E-state index is 11.7. The first-order valence-corrected chi connectivity index (χ1v) is 8.15. The number of unbranched alkanes of at least 4 members (excludes halogenated alkanes) is 2. The fraction of sp³-hybridized carbons (Fsp3) is 0.938. The summed E-state index contributed by atoms with van der Waals surface area (Å²) in [5.74, 6) is -0.0616. The molecule has 0 aliphatic heterocycles. The molecular weight excluding hydrogens is 252 g/mol. The number of nitrogens with one attached hydrogen (secondary N) is 1. The van der Waals surface area contributed by atoms with E-state index in [2.05, 4.69) is 38.2 Å². The lowest BCUT2D eigenvalue weighted by Crippen LogP contribution is -2.25. The fourth-order valence-electron chi connectivity index (χ4n) is 2.05. The van der Waals surface area contributed by atoms with Crippen LogP contribution in [0.2, 0.25) is 0 Å². The molecule has 1 atom stereocenters. The Morgan fingerprint density at radius 3 is 2.50 bits per heavy atom. The Bertz CT molecular complexity index is 233. The Balaban J connectivity index is 3.54. The monoisotopic (exact) mass is 286 g/mol. The van der Waals surface area contributed by atoms with Gasteiger partial charge >= 0.3 is 5.97 Å². The van der Waals surface area contributed by atoms with E-state index < -0.39 is 0 Å². The minimum atomic E-state index is -0.0616. The summed E-state index contributed by atoms with van der Waals surface area (Å²) < 4.78 is 5.50. The van der Waals surface area contributed by atoms with Crippen LogP contribution in [0.15, 0.2) is 0 Å². The molecule has 0 fully saturated rings. The molecular formula is C16H34N2O2. The molecule has 0 bridgehead atoms. The molecule has 0 aromatic heterocycles. The number of rotatable bonds is 13. The molecule has 0 aliphatic rings. The van der Waals surface area contributed by atoms with Gasteiger partial charge in [0.25, 0.3) is 0 Å². The third-order valence-electron chi connectivity index (χ3n) is 3.35. The molecule has 0 radical (unpaired) electrons. The van der Waals surface area contributed by atoms with Crippen LogP contribution in [0, 0.1) is 0 Å². The second-order valence-electron chi connectivity index (χ2n) is 5.67. The molecule has 1 unspecified atom stereocenters. The topological polar surface area (TPSA) is 41.6 Å². The van der Waals surface area contributed by atoms with Gasteiger partial charge in [0.15, 0.2) is 0 Å². The molecule has 0 heterocycles. The van der Waals surface area contributed by atoms with E-state index in [1.54, 1.807) is 0 Å². The summed E-state index contributed by atoms with van der Waals surface area (Å²) in [5, 5.41) is 3.29. The summed E-state index contributed by atoms with van der Waals surface area (Å²) in [6.07, 6.45) is 7.22. The summed E-state index contributed by atoms with van der Waals surface area (Å²) in [6, 6.07) is 0. The summed E-state index contributed by atoms with van der Waals surface area (Å²) in [6.45, 7) is 7.03. The maximum Gasteiger partial charge on any atom is 0.307 e. The van der Waals surface area contributed by atoms with Gasteiger partial charge in [0.2, 0.25) is 0 Å². The molecule has 0 aromatic rings. The number of hydrogen-bond acceptors (Lipinski definition) is 4. The zero-order valence-corrected chi connectivity index (χ0v) is 13.9. The molecule has 4 nitrogen and oxygen atoms in total. The second kappa shape index (κ2) is 13.4. The highest BCUT2D eigenvalue weighted by Crippen LogP contribution is 2.10. The predicted molar refractivity (Wildman–Crippen MR) is 85.0 cm³/mol. The van der Waals surface area contributed by atoms with Crippen LogP contribution < -0.4 is 5.32 Å². The van der Waals surface area contributed by atoms with Gasteiger partial charge in [-0.25, -0.2) is 0 Å². The molecule has 0 aliphatic carbocycles. The molecule has 4 heteroatoms. The fourth-order valence-corrected chi connectivity index (χ4v) is 2.05. The molecule has 0 rings (SSSR count). The van der Waals surface area contributed by atoms with Gasteiger partial charge in [0.1, 0.15) is 6.10 Å². The van der Waals surface area contributed by atoms with E-state index in [4.69, 9.17) is 4.74 Å². The second-order valence-corrected chi connectivity index (χ2v) is 5.67. The molecule has 1 N–H and O–H groups in total. The number of carbonyl (C=O) groups is 1. The Morgan fingerprint density at radius 1 is 1.15 bits per heavy atom. The molecule has 0 aromatic carbocycles. The number of esters is 1. The lowest BCUT2D eigenvalue weighted by molar-refractivity contribution is -0.149. The highest BCUT2D eigenvalue weighted by atomic mass is 16.5. The van der Waals surface area contributed by atoms with Crippen LogP contribution in [0.5, 0.6) is 0 Å². The number of carbonyl (C=O) groups excluding carboxylic acids is 1. The van der Waals surface area contributed by atoms with Crippen LogP contribution in [0.1, 0.15) is 58.8 Å². The SMILES string of the molecule is CCCCCC(CC)OC(=O)CCNCCCN(C)C.